The van der Waals surface area contributed by atoms with E-state index < -0.39 is 0 Å². The van der Waals surface area contributed by atoms with Crippen LogP contribution in [0.25, 0.3) is 0 Å². The van der Waals surface area contributed by atoms with Gasteiger partial charge in [-0.3, -0.25) is 0 Å². The van der Waals surface area contributed by atoms with Crippen molar-refractivity contribution in [3.63, 3.8) is 0 Å². The Balaban J connectivity index is 1.94. The highest BCUT2D eigenvalue weighted by Gasteiger charge is 2.00. The highest BCUT2D eigenvalue weighted by atomic mass is 16.5. The average Bonchev–Trinajstić information content (AvgIpc) is 2.50. The predicted octanol–water partition coefficient (Wildman–Crippen LogP) is 3.53. The molecular weight excluding hydrogens is 248 g/mol. The lowest BCUT2D eigenvalue weighted by Crippen LogP contribution is -2.06. The van der Waals surface area contributed by atoms with Crippen molar-refractivity contribution in [3.8, 4) is 11.8 Å². The van der Waals surface area contributed by atoms with Crippen LogP contribution in [-0.2, 0) is 6.42 Å². The molecular formula is C17H18N2O. The number of rotatable bonds is 5. The van der Waals surface area contributed by atoms with E-state index in [1.54, 1.807) is 7.11 Å². The first kappa shape index (κ1) is 14.0. The normalized spacial score (nSPS) is 9.85. The largest absolute Gasteiger partial charge is 0.497 e. The summed E-state index contributed by atoms with van der Waals surface area (Å²) in [7, 11) is 1.67. The number of hydrogen-bond acceptors (Lipinski definition) is 3. The molecule has 0 aliphatic heterocycles. The standard InChI is InChI=1S/C17H18N2O/c1-13-3-4-15(12-18)11-17(13)19-10-9-14-5-7-16(20-2)8-6-14/h3-8,11,19H,9-10H2,1-2H3. The minimum Gasteiger partial charge on any atom is -0.497 e. The van der Waals surface area contributed by atoms with Crippen LogP contribution in [0.4, 0.5) is 5.69 Å². The molecule has 0 saturated heterocycles. The second-order valence-electron chi connectivity index (χ2n) is 4.67. The summed E-state index contributed by atoms with van der Waals surface area (Å²) in [5.74, 6) is 0.874. The Morgan fingerprint density at radius 2 is 1.90 bits per heavy atom. The van der Waals surface area contributed by atoms with Crippen LogP contribution >= 0.6 is 0 Å². The van der Waals surface area contributed by atoms with Crippen molar-refractivity contribution in [2.24, 2.45) is 0 Å². The van der Waals surface area contributed by atoms with Gasteiger partial charge in [0.1, 0.15) is 5.75 Å². The molecule has 0 atom stereocenters. The number of aryl methyl sites for hydroxylation is 1. The van der Waals surface area contributed by atoms with E-state index in [2.05, 4.69) is 23.5 Å². The lowest BCUT2D eigenvalue weighted by atomic mass is 10.1. The summed E-state index contributed by atoms with van der Waals surface area (Å²) in [6.45, 7) is 2.87. The molecule has 0 heterocycles. The molecule has 0 saturated carbocycles. The van der Waals surface area contributed by atoms with Gasteiger partial charge in [0.15, 0.2) is 0 Å². The van der Waals surface area contributed by atoms with Gasteiger partial charge in [0.25, 0.3) is 0 Å². The van der Waals surface area contributed by atoms with E-state index in [1.165, 1.54) is 5.56 Å². The van der Waals surface area contributed by atoms with Gasteiger partial charge >= 0.3 is 0 Å². The monoisotopic (exact) mass is 266 g/mol. The van der Waals surface area contributed by atoms with Crippen LogP contribution in [0.2, 0.25) is 0 Å². The van der Waals surface area contributed by atoms with Gasteiger partial charge in [0, 0.05) is 12.2 Å². The summed E-state index contributed by atoms with van der Waals surface area (Å²) >= 11 is 0. The topological polar surface area (TPSA) is 45.0 Å². The molecule has 2 rings (SSSR count). The Morgan fingerprint density at radius 1 is 1.15 bits per heavy atom. The number of methoxy groups -OCH3 is 1. The van der Waals surface area contributed by atoms with Crippen molar-refractivity contribution in [1.82, 2.24) is 0 Å². The van der Waals surface area contributed by atoms with E-state index in [0.717, 1.165) is 30.0 Å². The van der Waals surface area contributed by atoms with Crippen LogP contribution in [0, 0.1) is 18.3 Å². The molecule has 0 bridgehead atoms. The number of hydrogen-bond donors (Lipinski definition) is 1. The summed E-state index contributed by atoms with van der Waals surface area (Å²) in [6.07, 6.45) is 0.931. The van der Waals surface area contributed by atoms with Crippen molar-refractivity contribution in [1.29, 1.82) is 5.26 Å². The number of benzene rings is 2. The number of nitrogens with zero attached hydrogens (tertiary/aromatic N) is 1. The minimum absolute atomic E-state index is 0.683. The lowest BCUT2D eigenvalue weighted by molar-refractivity contribution is 0.414. The summed E-state index contributed by atoms with van der Waals surface area (Å²) < 4.78 is 5.14. The summed E-state index contributed by atoms with van der Waals surface area (Å²) in [4.78, 5) is 0. The minimum atomic E-state index is 0.683. The maximum atomic E-state index is 8.92. The van der Waals surface area contributed by atoms with Crippen LogP contribution in [0.15, 0.2) is 42.5 Å². The molecule has 0 amide bonds. The van der Waals surface area contributed by atoms with Gasteiger partial charge in [-0.05, 0) is 48.7 Å². The van der Waals surface area contributed by atoms with Gasteiger partial charge < -0.3 is 10.1 Å². The molecule has 2 aromatic carbocycles. The van der Waals surface area contributed by atoms with Crippen LogP contribution < -0.4 is 10.1 Å². The Bertz CT molecular complexity index is 612. The maximum Gasteiger partial charge on any atom is 0.118 e. The van der Waals surface area contributed by atoms with E-state index in [-0.39, 0.29) is 0 Å². The van der Waals surface area contributed by atoms with E-state index in [0.29, 0.717) is 5.56 Å². The molecule has 0 spiro atoms. The van der Waals surface area contributed by atoms with E-state index in [1.807, 2.05) is 37.3 Å². The zero-order valence-corrected chi connectivity index (χ0v) is 11.8. The highest BCUT2D eigenvalue weighted by Crippen LogP contribution is 2.17. The molecule has 3 nitrogen and oxygen atoms in total. The molecule has 1 N–H and O–H groups in total. The second-order valence-corrected chi connectivity index (χ2v) is 4.67. The van der Waals surface area contributed by atoms with Gasteiger partial charge in [-0.15, -0.1) is 0 Å². The van der Waals surface area contributed by atoms with E-state index in [9.17, 15) is 0 Å². The third-order valence-corrected chi connectivity index (χ3v) is 3.25. The maximum absolute atomic E-state index is 8.92. The Labute approximate surface area is 119 Å². The van der Waals surface area contributed by atoms with Crippen molar-refractivity contribution >= 4 is 5.69 Å². The van der Waals surface area contributed by atoms with Crippen LogP contribution in [0.5, 0.6) is 5.75 Å². The fourth-order valence-electron chi connectivity index (χ4n) is 2.02. The van der Waals surface area contributed by atoms with Gasteiger partial charge in [0.2, 0.25) is 0 Å². The fourth-order valence-corrected chi connectivity index (χ4v) is 2.02. The van der Waals surface area contributed by atoms with E-state index >= 15 is 0 Å². The zero-order valence-electron chi connectivity index (χ0n) is 11.8. The lowest BCUT2D eigenvalue weighted by Gasteiger charge is -2.10. The molecule has 20 heavy (non-hydrogen) atoms. The fraction of sp³-hybridized carbons (Fsp3) is 0.235. The predicted molar refractivity (Wildman–Crippen MR) is 81.1 cm³/mol. The van der Waals surface area contributed by atoms with Crippen LogP contribution in [0.1, 0.15) is 16.7 Å². The van der Waals surface area contributed by atoms with Crippen molar-refractivity contribution in [2.45, 2.75) is 13.3 Å². The van der Waals surface area contributed by atoms with Gasteiger partial charge in [-0.1, -0.05) is 18.2 Å². The van der Waals surface area contributed by atoms with Gasteiger partial charge in [0.05, 0.1) is 18.7 Å². The third-order valence-electron chi connectivity index (χ3n) is 3.25. The molecule has 2 aromatic rings. The molecule has 0 aliphatic carbocycles. The molecule has 0 radical (unpaired) electrons. The van der Waals surface area contributed by atoms with Crippen molar-refractivity contribution in [2.75, 3.05) is 19.0 Å². The van der Waals surface area contributed by atoms with Crippen LogP contribution in [0.3, 0.4) is 0 Å². The molecule has 0 aromatic heterocycles. The Morgan fingerprint density at radius 3 is 2.55 bits per heavy atom. The quantitative estimate of drug-likeness (QED) is 0.900. The van der Waals surface area contributed by atoms with Crippen LogP contribution in [-0.4, -0.2) is 13.7 Å². The Hall–Kier alpha value is -2.47. The molecule has 0 fully saturated rings. The van der Waals surface area contributed by atoms with E-state index in [4.69, 9.17) is 10.00 Å². The zero-order chi connectivity index (χ0) is 14.4. The number of ether oxygens (including phenoxy) is 1. The summed E-state index contributed by atoms with van der Waals surface area (Å²) in [6, 6.07) is 15.9. The van der Waals surface area contributed by atoms with Gasteiger partial charge in [-0.2, -0.15) is 5.26 Å². The molecule has 3 heteroatoms. The molecule has 0 unspecified atom stereocenters. The Kier molecular flexibility index (Phi) is 4.62. The smallest absolute Gasteiger partial charge is 0.118 e. The highest BCUT2D eigenvalue weighted by molar-refractivity contribution is 5.55. The van der Waals surface area contributed by atoms with Gasteiger partial charge in [-0.25, -0.2) is 0 Å². The van der Waals surface area contributed by atoms with Crippen molar-refractivity contribution in [3.05, 3.63) is 59.2 Å². The first-order valence-corrected chi connectivity index (χ1v) is 6.60. The summed E-state index contributed by atoms with van der Waals surface area (Å²) in [5.41, 5.74) is 4.12. The second kappa shape index (κ2) is 6.63. The first-order chi connectivity index (χ1) is 9.72. The number of anilines is 1. The number of nitriles is 1. The molecule has 102 valence electrons. The summed E-state index contributed by atoms with van der Waals surface area (Å²) in [5, 5.41) is 12.3. The first-order valence-electron chi connectivity index (χ1n) is 6.60. The average molecular weight is 266 g/mol. The molecule has 0 aliphatic rings. The third kappa shape index (κ3) is 3.52. The van der Waals surface area contributed by atoms with Crippen molar-refractivity contribution < 1.29 is 4.74 Å². The SMILES string of the molecule is COc1ccc(CCNc2cc(C#N)ccc2C)cc1. The number of nitrogens with one attached hydrogen (secondary N) is 1.